The Morgan fingerprint density at radius 1 is 1.03 bits per heavy atom. The van der Waals surface area contributed by atoms with E-state index in [0.29, 0.717) is 45.0 Å². The highest BCUT2D eigenvalue weighted by Gasteiger charge is 2.14. The number of amides is 1. The van der Waals surface area contributed by atoms with E-state index in [-0.39, 0.29) is 12.5 Å². The lowest BCUT2D eigenvalue weighted by Crippen LogP contribution is -2.18. The molecule has 1 amide bonds. The maximum atomic E-state index is 12.5. The van der Waals surface area contributed by atoms with Crippen molar-refractivity contribution >= 4 is 35.3 Å². The Hall–Kier alpha value is -3.22. The van der Waals surface area contributed by atoms with Crippen molar-refractivity contribution in [3.05, 3.63) is 86.9 Å². The van der Waals surface area contributed by atoms with Gasteiger partial charge in [0.2, 0.25) is 0 Å². The SMILES string of the molecule is CCOc1cc(/C=N/NC(=O)c2ccc(C)cc2OC)cc(Cl)c1OCc1ccccc1Cl. The number of aryl methyl sites for hydroxylation is 1. The lowest BCUT2D eigenvalue weighted by atomic mass is 10.1. The molecule has 0 aliphatic rings. The van der Waals surface area contributed by atoms with E-state index in [0.717, 1.165) is 11.1 Å². The molecule has 172 valence electrons. The first-order valence-corrected chi connectivity index (χ1v) is 11.0. The fourth-order valence-corrected chi connectivity index (χ4v) is 3.51. The van der Waals surface area contributed by atoms with Crippen LogP contribution in [0.25, 0.3) is 0 Å². The van der Waals surface area contributed by atoms with Gasteiger partial charge in [0.15, 0.2) is 11.5 Å². The Labute approximate surface area is 203 Å². The molecule has 0 atom stereocenters. The molecule has 3 aromatic rings. The van der Waals surface area contributed by atoms with Gasteiger partial charge in [0.05, 0.1) is 30.5 Å². The van der Waals surface area contributed by atoms with Crippen molar-refractivity contribution in [3.63, 3.8) is 0 Å². The summed E-state index contributed by atoms with van der Waals surface area (Å²) in [5, 5.41) is 5.00. The lowest BCUT2D eigenvalue weighted by Gasteiger charge is -2.15. The van der Waals surface area contributed by atoms with Gasteiger partial charge in [-0.05, 0) is 55.3 Å². The Balaban J connectivity index is 1.75. The molecule has 0 aliphatic heterocycles. The molecule has 0 aromatic heterocycles. The van der Waals surface area contributed by atoms with E-state index in [2.05, 4.69) is 10.5 Å². The highest BCUT2D eigenvalue weighted by atomic mass is 35.5. The van der Waals surface area contributed by atoms with Gasteiger partial charge in [-0.3, -0.25) is 4.79 Å². The average molecular weight is 487 g/mol. The van der Waals surface area contributed by atoms with Crippen molar-refractivity contribution in [2.45, 2.75) is 20.5 Å². The Morgan fingerprint density at radius 3 is 2.55 bits per heavy atom. The Kier molecular flexibility index (Phi) is 8.58. The number of ether oxygens (including phenoxy) is 3. The minimum atomic E-state index is -0.390. The van der Waals surface area contributed by atoms with Crippen LogP contribution in [0.2, 0.25) is 10.0 Å². The molecule has 0 saturated heterocycles. The first kappa shape index (κ1) is 24.4. The molecule has 1 N–H and O–H groups in total. The van der Waals surface area contributed by atoms with E-state index >= 15 is 0 Å². The van der Waals surface area contributed by atoms with Gasteiger partial charge in [0.25, 0.3) is 5.91 Å². The van der Waals surface area contributed by atoms with E-state index in [9.17, 15) is 4.79 Å². The van der Waals surface area contributed by atoms with E-state index in [4.69, 9.17) is 37.4 Å². The number of hydrogen-bond donors (Lipinski definition) is 1. The van der Waals surface area contributed by atoms with Gasteiger partial charge in [0.1, 0.15) is 12.4 Å². The zero-order chi connectivity index (χ0) is 23.8. The van der Waals surface area contributed by atoms with E-state index in [1.54, 1.807) is 30.3 Å². The summed E-state index contributed by atoms with van der Waals surface area (Å²) >= 11 is 12.7. The third-order valence-corrected chi connectivity index (χ3v) is 5.29. The normalized spacial score (nSPS) is 10.8. The second-order valence-electron chi connectivity index (χ2n) is 7.05. The number of nitrogens with zero attached hydrogens (tertiary/aromatic N) is 1. The summed E-state index contributed by atoms with van der Waals surface area (Å²) in [7, 11) is 1.52. The van der Waals surface area contributed by atoms with Crippen LogP contribution >= 0.6 is 23.2 Å². The van der Waals surface area contributed by atoms with Crippen LogP contribution in [0.15, 0.2) is 59.7 Å². The van der Waals surface area contributed by atoms with E-state index in [1.165, 1.54) is 13.3 Å². The van der Waals surface area contributed by atoms with Crippen molar-refractivity contribution in [2.24, 2.45) is 5.10 Å². The van der Waals surface area contributed by atoms with Crippen molar-refractivity contribution in [1.82, 2.24) is 5.43 Å². The van der Waals surface area contributed by atoms with Crippen molar-refractivity contribution in [1.29, 1.82) is 0 Å². The molecule has 0 aliphatic carbocycles. The zero-order valence-corrected chi connectivity index (χ0v) is 20.0. The van der Waals surface area contributed by atoms with Crippen LogP contribution in [0.4, 0.5) is 0 Å². The Bertz CT molecular complexity index is 1170. The maximum Gasteiger partial charge on any atom is 0.275 e. The van der Waals surface area contributed by atoms with Gasteiger partial charge >= 0.3 is 0 Å². The molecule has 0 radical (unpaired) electrons. The fourth-order valence-electron chi connectivity index (χ4n) is 3.04. The predicted molar refractivity (Wildman–Crippen MR) is 131 cm³/mol. The number of benzene rings is 3. The summed E-state index contributed by atoms with van der Waals surface area (Å²) in [5.74, 6) is 0.956. The molecule has 0 heterocycles. The molecule has 0 spiro atoms. The first-order valence-electron chi connectivity index (χ1n) is 10.2. The van der Waals surface area contributed by atoms with E-state index < -0.39 is 0 Å². The number of hydrogen-bond acceptors (Lipinski definition) is 5. The number of carbonyl (C=O) groups is 1. The minimum absolute atomic E-state index is 0.237. The smallest absolute Gasteiger partial charge is 0.275 e. The number of rotatable bonds is 9. The number of hydrazone groups is 1. The van der Waals surface area contributed by atoms with Crippen LogP contribution in [-0.2, 0) is 6.61 Å². The third-order valence-electron chi connectivity index (χ3n) is 4.64. The van der Waals surface area contributed by atoms with Crippen molar-refractivity contribution in [2.75, 3.05) is 13.7 Å². The van der Waals surface area contributed by atoms with Gasteiger partial charge in [0, 0.05) is 10.6 Å². The quantitative estimate of drug-likeness (QED) is 0.295. The van der Waals surface area contributed by atoms with Crippen LogP contribution in [-0.4, -0.2) is 25.8 Å². The molecule has 0 fully saturated rings. The summed E-state index contributed by atoms with van der Waals surface area (Å²) in [6.07, 6.45) is 1.48. The molecule has 33 heavy (non-hydrogen) atoms. The van der Waals surface area contributed by atoms with Gasteiger partial charge < -0.3 is 14.2 Å². The summed E-state index contributed by atoms with van der Waals surface area (Å²) in [4.78, 5) is 12.5. The van der Waals surface area contributed by atoms with Gasteiger partial charge in [-0.15, -0.1) is 0 Å². The average Bonchev–Trinajstić information content (AvgIpc) is 2.79. The van der Waals surface area contributed by atoms with Gasteiger partial charge in [-0.1, -0.05) is 47.5 Å². The summed E-state index contributed by atoms with van der Waals surface area (Å²) in [6, 6.07) is 16.1. The number of carbonyl (C=O) groups excluding carboxylic acids is 1. The molecule has 0 saturated carbocycles. The van der Waals surface area contributed by atoms with Gasteiger partial charge in [-0.25, -0.2) is 5.43 Å². The topological polar surface area (TPSA) is 69.2 Å². The number of halogens is 2. The predicted octanol–water partition coefficient (Wildman–Crippen LogP) is 6.05. The van der Waals surface area contributed by atoms with Crippen LogP contribution in [0.5, 0.6) is 17.2 Å². The number of nitrogens with one attached hydrogen (secondary N) is 1. The van der Waals surface area contributed by atoms with Crippen molar-refractivity contribution in [3.8, 4) is 17.2 Å². The van der Waals surface area contributed by atoms with Crippen LogP contribution < -0.4 is 19.6 Å². The number of methoxy groups -OCH3 is 1. The standard InChI is InChI=1S/C25H24Cl2N2O4/c1-4-32-23-13-17(12-21(27)24(23)33-15-18-7-5-6-8-20(18)26)14-28-29-25(30)19-10-9-16(2)11-22(19)31-3/h5-14H,4,15H2,1-3H3,(H,29,30)/b28-14+. The fraction of sp³-hybridized carbons (Fsp3) is 0.200. The van der Waals surface area contributed by atoms with Crippen LogP contribution in [0.3, 0.4) is 0 Å². The molecular weight excluding hydrogens is 463 g/mol. The molecule has 0 bridgehead atoms. The maximum absolute atomic E-state index is 12.5. The monoisotopic (exact) mass is 486 g/mol. The van der Waals surface area contributed by atoms with Crippen LogP contribution in [0.1, 0.15) is 34.0 Å². The van der Waals surface area contributed by atoms with Crippen LogP contribution in [0, 0.1) is 6.92 Å². The molecule has 3 aromatic carbocycles. The second kappa shape index (κ2) is 11.6. The molecule has 6 nitrogen and oxygen atoms in total. The summed E-state index contributed by atoms with van der Waals surface area (Å²) < 4.78 is 16.9. The molecule has 8 heteroatoms. The molecule has 0 unspecified atom stereocenters. The highest BCUT2D eigenvalue weighted by molar-refractivity contribution is 6.32. The lowest BCUT2D eigenvalue weighted by molar-refractivity contribution is 0.0952. The minimum Gasteiger partial charge on any atom is -0.496 e. The van der Waals surface area contributed by atoms with Crippen molar-refractivity contribution < 1.29 is 19.0 Å². The first-order chi connectivity index (χ1) is 15.9. The third kappa shape index (κ3) is 6.40. The summed E-state index contributed by atoms with van der Waals surface area (Å²) in [6.45, 7) is 4.44. The molecular formula is C25H24Cl2N2O4. The van der Waals surface area contributed by atoms with E-state index in [1.807, 2.05) is 38.1 Å². The largest absolute Gasteiger partial charge is 0.496 e. The zero-order valence-electron chi connectivity index (χ0n) is 18.5. The van der Waals surface area contributed by atoms with Gasteiger partial charge in [-0.2, -0.15) is 5.10 Å². The molecule has 3 rings (SSSR count). The second-order valence-corrected chi connectivity index (χ2v) is 7.86. The Morgan fingerprint density at radius 2 is 1.82 bits per heavy atom. The summed E-state index contributed by atoms with van der Waals surface area (Å²) in [5.41, 5.74) is 5.33. The highest BCUT2D eigenvalue weighted by Crippen LogP contribution is 2.37.